The van der Waals surface area contributed by atoms with E-state index in [1.54, 1.807) is 24.3 Å². The number of halogens is 1. The molecular formula is C23H18BrN3O4S3. The Morgan fingerprint density at radius 2 is 1.94 bits per heavy atom. The molecule has 0 fully saturated rings. The minimum Gasteiger partial charge on any atom is -0.378 e. The van der Waals surface area contributed by atoms with E-state index in [1.165, 1.54) is 47.5 Å². The van der Waals surface area contributed by atoms with Crippen LogP contribution in [0.1, 0.15) is 11.1 Å². The van der Waals surface area contributed by atoms with Crippen molar-refractivity contribution in [2.45, 2.75) is 16.2 Å². The first-order chi connectivity index (χ1) is 16.3. The van der Waals surface area contributed by atoms with Gasteiger partial charge in [-0.05, 0) is 49.4 Å². The molecule has 1 heterocycles. The zero-order valence-electron chi connectivity index (χ0n) is 17.8. The molecule has 34 heavy (non-hydrogen) atoms. The number of hydrazone groups is 1. The quantitative estimate of drug-likeness (QED) is 0.131. The molecule has 4 rings (SSSR count). The summed E-state index contributed by atoms with van der Waals surface area (Å²) in [6.45, 7) is 1.87. The Kier molecular flexibility index (Phi) is 7.67. The molecule has 1 amide bonds. The van der Waals surface area contributed by atoms with E-state index in [0.717, 1.165) is 20.1 Å². The fraction of sp³-hybridized carbons (Fsp3) is 0.0870. The SMILES string of the molecule is Cc1ccc(S(=O)(=O)Oc2ccc(Br)cc2/C=N/NC(=O)CSc2nc3ccccc3s2)cc1. The molecule has 0 unspecified atom stereocenters. The third-order valence-electron chi connectivity index (χ3n) is 4.47. The van der Waals surface area contributed by atoms with Crippen LogP contribution in [0.25, 0.3) is 10.2 Å². The summed E-state index contributed by atoms with van der Waals surface area (Å²) in [5.41, 5.74) is 4.66. The van der Waals surface area contributed by atoms with E-state index >= 15 is 0 Å². The smallest absolute Gasteiger partial charge is 0.339 e. The molecule has 0 aliphatic rings. The highest BCUT2D eigenvalue weighted by molar-refractivity contribution is 9.10. The summed E-state index contributed by atoms with van der Waals surface area (Å²) in [7, 11) is -4.03. The van der Waals surface area contributed by atoms with Gasteiger partial charge in [-0.25, -0.2) is 10.4 Å². The van der Waals surface area contributed by atoms with Gasteiger partial charge in [-0.1, -0.05) is 57.5 Å². The maximum absolute atomic E-state index is 12.7. The third kappa shape index (κ3) is 6.23. The van der Waals surface area contributed by atoms with Crippen molar-refractivity contribution < 1.29 is 17.4 Å². The number of thiazole rings is 1. The molecule has 11 heteroatoms. The fourth-order valence-electron chi connectivity index (χ4n) is 2.81. The molecule has 0 saturated heterocycles. The number of aryl methyl sites for hydroxylation is 1. The highest BCUT2D eigenvalue weighted by Gasteiger charge is 2.18. The Morgan fingerprint density at radius 1 is 1.18 bits per heavy atom. The summed E-state index contributed by atoms with van der Waals surface area (Å²) < 4.78 is 33.2. The van der Waals surface area contributed by atoms with Crippen LogP contribution < -0.4 is 9.61 Å². The van der Waals surface area contributed by atoms with E-state index in [2.05, 4.69) is 31.4 Å². The first-order valence-electron chi connectivity index (χ1n) is 9.91. The number of carbonyl (C=O) groups is 1. The van der Waals surface area contributed by atoms with Crippen LogP contribution in [-0.2, 0) is 14.9 Å². The molecule has 0 aliphatic heterocycles. The fourth-order valence-corrected chi connectivity index (χ4v) is 6.01. The first kappa shape index (κ1) is 24.4. The van der Waals surface area contributed by atoms with Crippen LogP contribution in [0, 0.1) is 6.92 Å². The van der Waals surface area contributed by atoms with E-state index in [-0.39, 0.29) is 22.3 Å². The van der Waals surface area contributed by atoms with Crippen molar-refractivity contribution in [3.05, 3.63) is 82.3 Å². The largest absolute Gasteiger partial charge is 0.378 e. The summed E-state index contributed by atoms with van der Waals surface area (Å²) in [6.07, 6.45) is 1.34. The predicted molar refractivity (Wildman–Crippen MR) is 139 cm³/mol. The topological polar surface area (TPSA) is 97.7 Å². The number of amides is 1. The van der Waals surface area contributed by atoms with Crippen LogP contribution in [0.5, 0.6) is 5.75 Å². The van der Waals surface area contributed by atoms with Gasteiger partial charge in [0.25, 0.3) is 5.91 Å². The summed E-state index contributed by atoms with van der Waals surface area (Å²) in [5.74, 6) is -0.0864. The van der Waals surface area contributed by atoms with E-state index in [9.17, 15) is 13.2 Å². The highest BCUT2D eigenvalue weighted by Crippen LogP contribution is 2.29. The molecule has 7 nitrogen and oxygen atoms in total. The lowest BCUT2D eigenvalue weighted by atomic mass is 10.2. The molecule has 0 saturated carbocycles. The van der Waals surface area contributed by atoms with Gasteiger partial charge in [-0.2, -0.15) is 13.5 Å². The third-order valence-corrected chi connectivity index (χ3v) is 8.40. The number of nitrogens with one attached hydrogen (secondary N) is 1. The van der Waals surface area contributed by atoms with Gasteiger partial charge in [0.2, 0.25) is 0 Å². The number of thioether (sulfide) groups is 1. The van der Waals surface area contributed by atoms with Gasteiger partial charge in [0.05, 0.1) is 22.2 Å². The average molecular weight is 577 g/mol. The molecule has 0 atom stereocenters. The summed E-state index contributed by atoms with van der Waals surface area (Å²) in [6, 6.07) is 19.0. The second kappa shape index (κ2) is 10.7. The molecule has 1 N–H and O–H groups in total. The van der Waals surface area contributed by atoms with E-state index in [0.29, 0.717) is 10.0 Å². The number of hydrogen-bond donors (Lipinski definition) is 1. The zero-order valence-corrected chi connectivity index (χ0v) is 21.8. The maximum Gasteiger partial charge on any atom is 0.339 e. The maximum atomic E-state index is 12.7. The van der Waals surface area contributed by atoms with Crippen molar-refractivity contribution in [1.29, 1.82) is 0 Å². The lowest BCUT2D eigenvalue weighted by Crippen LogP contribution is -2.19. The Balaban J connectivity index is 1.40. The Morgan fingerprint density at radius 3 is 2.71 bits per heavy atom. The van der Waals surface area contributed by atoms with Crippen molar-refractivity contribution in [2.75, 3.05) is 5.75 Å². The normalized spacial score (nSPS) is 11.7. The lowest BCUT2D eigenvalue weighted by Gasteiger charge is -2.10. The van der Waals surface area contributed by atoms with Gasteiger partial charge in [0, 0.05) is 10.0 Å². The van der Waals surface area contributed by atoms with Gasteiger partial charge >= 0.3 is 10.1 Å². The van der Waals surface area contributed by atoms with Gasteiger partial charge in [0.15, 0.2) is 10.1 Å². The van der Waals surface area contributed by atoms with Crippen molar-refractivity contribution in [3.63, 3.8) is 0 Å². The van der Waals surface area contributed by atoms with Gasteiger partial charge in [0.1, 0.15) is 4.90 Å². The monoisotopic (exact) mass is 575 g/mol. The number of fused-ring (bicyclic) bond motifs is 1. The lowest BCUT2D eigenvalue weighted by molar-refractivity contribution is -0.118. The molecule has 4 aromatic rings. The molecule has 174 valence electrons. The number of para-hydroxylation sites is 1. The van der Waals surface area contributed by atoms with Crippen LogP contribution in [0.2, 0.25) is 0 Å². The highest BCUT2D eigenvalue weighted by atomic mass is 79.9. The van der Waals surface area contributed by atoms with Crippen LogP contribution in [-0.4, -0.2) is 31.3 Å². The second-order valence-corrected chi connectivity index (χ2v) is 11.8. The van der Waals surface area contributed by atoms with Crippen molar-refractivity contribution in [2.24, 2.45) is 5.10 Å². The first-order valence-corrected chi connectivity index (χ1v) is 13.9. The van der Waals surface area contributed by atoms with Gasteiger partial charge in [-0.3, -0.25) is 4.79 Å². The molecule has 0 bridgehead atoms. The molecule has 0 radical (unpaired) electrons. The van der Waals surface area contributed by atoms with Gasteiger partial charge < -0.3 is 4.18 Å². The Hall–Kier alpha value is -2.73. The molecule has 0 aliphatic carbocycles. The number of aromatic nitrogens is 1. The minimum absolute atomic E-state index is 0.0454. The van der Waals surface area contributed by atoms with Crippen molar-refractivity contribution >= 4 is 71.5 Å². The molecular weight excluding hydrogens is 558 g/mol. The molecule has 3 aromatic carbocycles. The van der Waals surface area contributed by atoms with Crippen LogP contribution >= 0.6 is 39.0 Å². The Labute approximate surface area is 213 Å². The second-order valence-electron chi connectivity index (χ2n) is 7.06. The van der Waals surface area contributed by atoms with Crippen LogP contribution in [0.15, 0.2) is 85.5 Å². The minimum atomic E-state index is -4.03. The number of carbonyl (C=O) groups excluding carboxylic acids is 1. The van der Waals surface area contributed by atoms with Crippen molar-refractivity contribution in [3.8, 4) is 5.75 Å². The van der Waals surface area contributed by atoms with E-state index in [1.807, 2.05) is 31.2 Å². The van der Waals surface area contributed by atoms with E-state index < -0.39 is 10.1 Å². The molecule has 1 aromatic heterocycles. The Bertz CT molecular complexity index is 1440. The number of nitrogens with zero attached hydrogens (tertiary/aromatic N) is 2. The van der Waals surface area contributed by atoms with Crippen LogP contribution in [0.3, 0.4) is 0 Å². The van der Waals surface area contributed by atoms with Crippen molar-refractivity contribution in [1.82, 2.24) is 10.4 Å². The van der Waals surface area contributed by atoms with E-state index in [4.69, 9.17) is 4.18 Å². The molecule has 0 spiro atoms. The average Bonchev–Trinajstić information content (AvgIpc) is 3.23. The number of benzene rings is 3. The standard InChI is InChI=1S/C23H18BrN3O4S3/c1-15-6-9-18(10-7-15)34(29,30)31-20-11-8-17(24)12-16(20)13-25-27-22(28)14-32-23-26-19-4-2-3-5-21(19)33-23/h2-13H,14H2,1H3,(H,27,28)/b25-13+. The van der Waals surface area contributed by atoms with Gasteiger partial charge in [-0.15, -0.1) is 11.3 Å². The summed E-state index contributed by atoms with van der Waals surface area (Å²) in [5, 5.41) is 3.96. The predicted octanol–water partition coefficient (Wildman–Crippen LogP) is 5.38. The number of rotatable bonds is 8. The zero-order chi connectivity index (χ0) is 24.1. The summed E-state index contributed by atoms with van der Waals surface area (Å²) in [4.78, 5) is 16.7. The number of hydrogen-bond acceptors (Lipinski definition) is 8. The summed E-state index contributed by atoms with van der Waals surface area (Å²) >= 11 is 6.20. The van der Waals surface area contributed by atoms with Crippen LogP contribution in [0.4, 0.5) is 0 Å².